The molecule has 0 spiro atoms. The van der Waals surface area contributed by atoms with Gasteiger partial charge in [-0.2, -0.15) is 0 Å². The molecular formula is C20H33N3. The van der Waals surface area contributed by atoms with Gasteiger partial charge in [0.05, 0.1) is 0 Å². The summed E-state index contributed by atoms with van der Waals surface area (Å²) in [5.41, 5.74) is 2.87. The van der Waals surface area contributed by atoms with Gasteiger partial charge in [0.15, 0.2) is 0 Å². The molecule has 0 aromatic heterocycles. The molecule has 2 fully saturated rings. The van der Waals surface area contributed by atoms with Crippen molar-refractivity contribution in [2.45, 2.75) is 51.6 Å². The summed E-state index contributed by atoms with van der Waals surface area (Å²) in [6.07, 6.45) is 5.42. The van der Waals surface area contributed by atoms with Crippen molar-refractivity contribution in [3.05, 3.63) is 35.4 Å². The molecule has 2 aliphatic rings. The predicted molar refractivity (Wildman–Crippen MR) is 97.9 cm³/mol. The third-order valence-electron chi connectivity index (χ3n) is 5.65. The summed E-state index contributed by atoms with van der Waals surface area (Å²) in [7, 11) is 0. The topological polar surface area (TPSA) is 18.5 Å². The first-order chi connectivity index (χ1) is 11.3. The van der Waals surface area contributed by atoms with Crippen LogP contribution >= 0.6 is 0 Å². The van der Waals surface area contributed by atoms with Crippen LogP contribution in [-0.4, -0.2) is 55.1 Å². The highest BCUT2D eigenvalue weighted by molar-refractivity contribution is 5.25. The highest BCUT2D eigenvalue weighted by Crippen LogP contribution is 2.31. The Morgan fingerprint density at radius 3 is 2.52 bits per heavy atom. The molecule has 0 saturated carbocycles. The minimum atomic E-state index is 0.555. The molecule has 3 rings (SSSR count). The molecule has 0 bridgehead atoms. The number of benzene rings is 1. The molecule has 2 saturated heterocycles. The number of hydrogen-bond donors (Lipinski definition) is 1. The maximum atomic E-state index is 3.48. The lowest BCUT2D eigenvalue weighted by atomic mass is 9.94. The maximum absolute atomic E-state index is 3.48. The summed E-state index contributed by atoms with van der Waals surface area (Å²) < 4.78 is 0. The number of hydrogen-bond acceptors (Lipinski definition) is 3. The first kappa shape index (κ1) is 16.9. The fourth-order valence-electron chi connectivity index (χ4n) is 4.20. The molecule has 0 aliphatic carbocycles. The van der Waals surface area contributed by atoms with Gasteiger partial charge in [-0.15, -0.1) is 0 Å². The normalized spacial score (nSPS) is 25.4. The number of nitrogens with one attached hydrogen (secondary N) is 1. The van der Waals surface area contributed by atoms with Crippen LogP contribution in [0, 0.1) is 6.92 Å². The second-order valence-corrected chi connectivity index (χ2v) is 7.27. The fraction of sp³-hybridized carbons (Fsp3) is 0.700. The summed E-state index contributed by atoms with van der Waals surface area (Å²) in [4.78, 5) is 5.47. The van der Waals surface area contributed by atoms with E-state index in [1.54, 1.807) is 0 Å². The van der Waals surface area contributed by atoms with E-state index in [4.69, 9.17) is 0 Å². The average Bonchev–Trinajstić information content (AvgIpc) is 2.61. The van der Waals surface area contributed by atoms with Gasteiger partial charge < -0.3 is 5.32 Å². The Labute approximate surface area is 142 Å². The van der Waals surface area contributed by atoms with Gasteiger partial charge in [0.1, 0.15) is 0 Å². The monoisotopic (exact) mass is 315 g/mol. The van der Waals surface area contributed by atoms with Crippen LogP contribution in [0.15, 0.2) is 24.3 Å². The van der Waals surface area contributed by atoms with Gasteiger partial charge in [-0.1, -0.05) is 43.2 Å². The third kappa shape index (κ3) is 4.34. The summed E-state index contributed by atoms with van der Waals surface area (Å²) in [5, 5.41) is 3.48. The van der Waals surface area contributed by atoms with E-state index in [2.05, 4.69) is 53.2 Å². The summed E-state index contributed by atoms with van der Waals surface area (Å²) >= 11 is 0. The Morgan fingerprint density at radius 1 is 1.09 bits per heavy atom. The lowest BCUT2D eigenvalue weighted by molar-refractivity contribution is 0.0623. The maximum Gasteiger partial charge on any atom is 0.0478 e. The van der Waals surface area contributed by atoms with E-state index in [1.165, 1.54) is 63.0 Å². The smallest absolute Gasteiger partial charge is 0.0478 e. The number of aryl methyl sites for hydroxylation is 1. The number of likely N-dealkylation sites (tertiary alicyclic amines) is 1. The number of rotatable bonds is 5. The molecular weight excluding hydrogens is 282 g/mol. The van der Waals surface area contributed by atoms with Gasteiger partial charge >= 0.3 is 0 Å². The molecule has 2 atom stereocenters. The average molecular weight is 316 g/mol. The Balaban J connectivity index is 1.80. The quantitative estimate of drug-likeness (QED) is 0.900. The van der Waals surface area contributed by atoms with Crippen LogP contribution in [0.4, 0.5) is 0 Å². The summed E-state index contributed by atoms with van der Waals surface area (Å²) in [5.74, 6) is 0. The molecule has 1 N–H and O–H groups in total. The number of nitrogens with zero attached hydrogens (tertiary/aromatic N) is 2. The molecule has 3 heteroatoms. The summed E-state index contributed by atoms with van der Waals surface area (Å²) in [6, 6.07) is 10.6. The second kappa shape index (κ2) is 8.27. The van der Waals surface area contributed by atoms with Crippen LogP contribution in [0.25, 0.3) is 0 Å². The van der Waals surface area contributed by atoms with Gasteiger partial charge in [0.25, 0.3) is 0 Å². The van der Waals surface area contributed by atoms with E-state index in [0.717, 1.165) is 19.1 Å². The van der Waals surface area contributed by atoms with Crippen molar-refractivity contribution in [3.8, 4) is 0 Å². The second-order valence-electron chi connectivity index (χ2n) is 7.27. The molecule has 2 aliphatic heterocycles. The van der Waals surface area contributed by atoms with Crippen LogP contribution in [0.1, 0.15) is 49.8 Å². The minimum Gasteiger partial charge on any atom is -0.314 e. The van der Waals surface area contributed by atoms with E-state index in [9.17, 15) is 0 Å². The minimum absolute atomic E-state index is 0.555. The van der Waals surface area contributed by atoms with Gasteiger partial charge in [0.2, 0.25) is 0 Å². The molecule has 0 amide bonds. The fourth-order valence-corrected chi connectivity index (χ4v) is 4.20. The van der Waals surface area contributed by atoms with Gasteiger partial charge in [0, 0.05) is 44.8 Å². The molecule has 1 aromatic rings. The molecule has 23 heavy (non-hydrogen) atoms. The molecule has 128 valence electrons. The number of piperazine rings is 1. The van der Waals surface area contributed by atoms with Crippen LogP contribution in [0.2, 0.25) is 0 Å². The van der Waals surface area contributed by atoms with E-state index < -0.39 is 0 Å². The first-order valence-electron chi connectivity index (χ1n) is 9.53. The van der Waals surface area contributed by atoms with E-state index >= 15 is 0 Å². The van der Waals surface area contributed by atoms with Gasteiger partial charge in [-0.25, -0.2) is 0 Å². The van der Waals surface area contributed by atoms with Crippen molar-refractivity contribution in [3.63, 3.8) is 0 Å². The lowest BCUT2D eigenvalue weighted by Gasteiger charge is -2.43. The predicted octanol–water partition coefficient (Wildman–Crippen LogP) is 3.21. The van der Waals surface area contributed by atoms with Crippen LogP contribution in [0.3, 0.4) is 0 Å². The van der Waals surface area contributed by atoms with Crippen molar-refractivity contribution in [1.82, 2.24) is 15.1 Å². The molecule has 1 aromatic carbocycles. The Bertz CT molecular complexity index is 464. The molecule has 3 nitrogen and oxygen atoms in total. The van der Waals surface area contributed by atoms with Crippen molar-refractivity contribution >= 4 is 0 Å². The zero-order valence-electron chi connectivity index (χ0n) is 14.9. The third-order valence-corrected chi connectivity index (χ3v) is 5.65. The van der Waals surface area contributed by atoms with E-state index in [-0.39, 0.29) is 0 Å². The highest BCUT2D eigenvalue weighted by atomic mass is 15.3. The SMILES string of the molecule is CCC1CCCCN1C(CN1CCNCC1)c1ccc(C)cc1. The first-order valence-corrected chi connectivity index (χ1v) is 9.53. The van der Waals surface area contributed by atoms with Crippen molar-refractivity contribution in [1.29, 1.82) is 0 Å². The lowest BCUT2D eigenvalue weighted by Crippen LogP contribution is -2.50. The van der Waals surface area contributed by atoms with Crippen LogP contribution in [0.5, 0.6) is 0 Å². The standard InChI is InChI=1S/C20H33N3/c1-3-19-6-4-5-13-23(19)20(16-22-14-11-21-12-15-22)18-9-7-17(2)8-10-18/h7-10,19-21H,3-6,11-16H2,1-2H3. The van der Waals surface area contributed by atoms with Gasteiger partial charge in [-0.05, 0) is 38.3 Å². The van der Waals surface area contributed by atoms with Crippen LogP contribution < -0.4 is 5.32 Å². The van der Waals surface area contributed by atoms with Crippen molar-refractivity contribution in [2.24, 2.45) is 0 Å². The van der Waals surface area contributed by atoms with E-state index in [1.807, 2.05) is 0 Å². The van der Waals surface area contributed by atoms with Gasteiger partial charge in [-0.3, -0.25) is 9.80 Å². The van der Waals surface area contributed by atoms with Crippen LogP contribution in [-0.2, 0) is 0 Å². The Kier molecular flexibility index (Phi) is 6.09. The molecule has 2 heterocycles. The van der Waals surface area contributed by atoms with Crippen molar-refractivity contribution < 1.29 is 0 Å². The number of piperidine rings is 1. The highest BCUT2D eigenvalue weighted by Gasteiger charge is 2.30. The van der Waals surface area contributed by atoms with E-state index in [0.29, 0.717) is 6.04 Å². The summed E-state index contributed by atoms with van der Waals surface area (Å²) in [6.45, 7) is 11.6. The Hall–Kier alpha value is -0.900. The largest absolute Gasteiger partial charge is 0.314 e. The Morgan fingerprint density at radius 2 is 1.83 bits per heavy atom. The van der Waals surface area contributed by atoms with Crippen molar-refractivity contribution in [2.75, 3.05) is 39.3 Å². The zero-order chi connectivity index (χ0) is 16.1. The molecule has 2 unspecified atom stereocenters. The molecule has 0 radical (unpaired) electrons. The zero-order valence-corrected chi connectivity index (χ0v) is 14.9.